The van der Waals surface area contributed by atoms with Crippen LogP contribution in [-0.4, -0.2) is 6.69 Å². The summed E-state index contributed by atoms with van der Waals surface area (Å²) in [5.74, 6) is 0. The van der Waals surface area contributed by atoms with Crippen molar-refractivity contribution in [1.29, 1.82) is 0 Å². The third-order valence-corrected chi connectivity index (χ3v) is 4.53. The zero-order valence-electron chi connectivity index (χ0n) is 7.58. The summed E-state index contributed by atoms with van der Waals surface area (Å²) in [6.07, 6.45) is 8.76. The molecule has 0 saturated heterocycles. The van der Waals surface area contributed by atoms with E-state index in [9.17, 15) is 0 Å². The Balaban J connectivity index is 2.26. The maximum absolute atomic E-state index is 6.03. The Morgan fingerprint density at radius 2 is 2.17 bits per heavy atom. The van der Waals surface area contributed by atoms with Gasteiger partial charge in [-0.3, -0.25) is 0 Å². The highest BCUT2D eigenvalue weighted by atomic mass is 35.7. The fourth-order valence-electron chi connectivity index (χ4n) is 1.51. The van der Waals surface area contributed by atoms with Crippen LogP contribution in [0.3, 0.4) is 0 Å². The van der Waals surface area contributed by atoms with Crippen molar-refractivity contribution < 1.29 is 0 Å². The minimum atomic E-state index is -1.84. The van der Waals surface area contributed by atoms with Crippen molar-refractivity contribution in [3.63, 3.8) is 0 Å². The van der Waals surface area contributed by atoms with E-state index >= 15 is 0 Å². The van der Waals surface area contributed by atoms with Crippen LogP contribution in [0.15, 0.2) is 11.6 Å². The standard InChI is InChI=1S/C9H16Cl2Si/c1-12(10,11)8-7-9-5-3-2-4-6-9/h5H,2-4,6-8H2,1H3. The number of rotatable bonds is 3. The maximum Gasteiger partial charge on any atom is 0.248 e. The van der Waals surface area contributed by atoms with Crippen LogP contribution in [0, 0.1) is 0 Å². The summed E-state index contributed by atoms with van der Waals surface area (Å²) in [4.78, 5) is 0. The molecule has 0 fully saturated rings. The third-order valence-electron chi connectivity index (χ3n) is 2.27. The Labute approximate surface area is 85.4 Å². The van der Waals surface area contributed by atoms with E-state index in [1.165, 1.54) is 25.7 Å². The predicted molar refractivity (Wildman–Crippen MR) is 59.3 cm³/mol. The molecule has 0 spiro atoms. The van der Waals surface area contributed by atoms with Gasteiger partial charge in [-0.1, -0.05) is 11.6 Å². The lowest BCUT2D eigenvalue weighted by molar-refractivity contribution is 0.683. The molecule has 12 heavy (non-hydrogen) atoms. The van der Waals surface area contributed by atoms with Gasteiger partial charge in [0.2, 0.25) is 6.69 Å². The van der Waals surface area contributed by atoms with E-state index in [0.29, 0.717) is 0 Å². The van der Waals surface area contributed by atoms with E-state index in [1.807, 2.05) is 6.55 Å². The largest absolute Gasteiger partial charge is 0.248 e. The summed E-state index contributed by atoms with van der Waals surface area (Å²) in [5.41, 5.74) is 1.58. The highest BCUT2D eigenvalue weighted by Crippen LogP contribution is 2.28. The van der Waals surface area contributed by atoms with E-state index < -0.39 is 6.69 Å². The summed E-state index contributed by atoms with van der Waals surface area (Å²) < 4.78 is 0. The molecule has 0 unspecified atom stereocenters. The SMILES string of the molecule is C[Si](Cl)(Cl)CCC1=CCCCC1. The lowest BCUT2D eigenvalue weighted by Gasteiger charge is -2.15. The second-order valence-corrected chi connectivity index (χ2v) is 11.9. The van der Waals surface area contributed by atoms with Gasteiger partial charge in [-0.15, -0.1) is 22.2 Å². The summed E-state index contributed by atoms with van der Waals surface area (Å²) >= 11 is 12.1. The Hall–Kier alpha value is 0.537. The lowest BCUT2D eigenvalue weighted by atomic mass is 9.98. The number of halogens is 2. The van der Waals surface area contributed by atoms with Crippen LogP contribution in [-0.2, 0) is 0 Å². The molecule has 0 nitrogen and oxygen atoms in total. The fraction of sp³-hybridized carbons (Fsp3) is 0.778. The first-order chi connectivity index (χ1) is 5.58. The molecular formula is C9H16Cl2Si. The van der Waals surface area contributed by atoms with Crippen LogP contribution in [0.1, 0.15) is 32.1 Å². The van der Waals surface area contributed by atoms with E-state index in [-0.39, 0.29) is 0 Å². The molecule has 70 valence electrons. The van der Waals surface area contributed by atoms with Gasteiger partial charge in [0.25, 0.3) is 0 Å². The van der Waals surface area contributed by atoms with E-state index in [2.05, 4.69) is 6.08 Å². The van der Waals surface area contributed by atoms with Gasteiger partial charge in [-0.2, -0.15) is 0 Å². The molecule has 1 aliphatic rings. The molecule has 0 heterocycles. The van der Waals surface area contributed by atoms with Gasteiger partial charge in [0.05, 0.1) is 0 Å². The number of allylic oxidation sites excluding steroid dienone is 2. The maximum atomic E-state index is 6.03. The van der Waals surface area contributed by atoms with Crippen molar-refractivity contribution >= 4 is 28.9 Å². The van der Waals surface area contributed by atoms with E-state index in [4.69, 9.17) is 22.2 Å². The smallest absolute Gasteiger partial charge is 0.146 e. The molecule has 3 heteroatoms. The predicted octanol–water partition coefficient (Wildman–Crippen LogP) is 4.43. The summed E-state index contributed by atoms with van der Waals surface area (Å²) in [7, 11) is 0. The molecule has 0 bridgehead atoms. The fourth-order valence-corrected chi connectivity index (χ4v) is 2.84. The molecule has 0 amide bonds. The van der Waals surface area contributed by atoms with Crippen LogP contribution in [0.2, 0.25) is 12.6 Å². The first kappa shape index (κ1) is 10.6. The van der Waals surface area contributed by atoms with Gasteiger partial charge in [-0.05, 0) is 44.7 Å². The molecule has 0 aromatic carbocycles. The topological polar surface area (TPSA) is 0 Å². The Bertz CT molecular complexity index is 170. The normalized spacial score (nSPS) is 19.1. The van der Waals surface area contributed by atoms with Crippen molar-refractivity contribution in [2.45, 2.75) is 44.7 Å². The molecular weight excluding hydrogens is 207 g/mol. The highest BCUT2D eigenvalue weighted by Gasteiger charge is 2.20. The molecule has 0 saturated carbocycles. The van der Waals surface area contributed by atoms with Gasteiger partial charge < -0.3 is 0 Å². The Kier molecular flexibility index (Phi) is 4.14. The van der Waals surface area contributed by atoms with Crippen molar-refractivity contribution in [3.8, 4) is 0 Å². The molecule has 0 radical (unpaired) electrons. The van der Waals surface area contributed by atoms with Gasteiger partial charge in [-0.25, -0.2) is 0 Å². The zero-order valence-corrected chi connectivity index (χ0v) is 10.1. The Morgan fingerprint density at radius 1 is 1.42 bits per heavy atom. The second kappa shape index (κ2) is 4.68. The van der Waals surface area contributed by atoms with Crippen LogP contribution in [0.25, 0.3) is 0 Å². The molecule has 0 N–H and O–H groups in total. The van der Waals surface area contributed by atoms with Gasteiger partial charge in [0.15, 0.2) is 0 Å². The van der Waals surface area contributed by atoms with Gasteiger partial charge in [0, 0.05) is 0 Å². The average Bonchev–Trinajstić information content (AvgIpc) is 2.02. The summed E-state index contributed by atoms with van der Waals surface area (Å²) in [6.45, 7) is 0.162. The second-order valence-electron chi connectivity index (χ2n) is 3.68. The van der Waals surface area contributed by atoms with Crippen LogP contribution in [0.4, 0.5) is 0 Å². The minimum absolute atomic E-state index is 1.02. The molecule has 1 rings (SSSR count). The molecule has 0 aliphatic heterocycles. The van der Waals surface area contributed by atoms with Crippen LogP contribution < -0.4 is 0 Å². The Morgan fingerprint density at radius 3 is 2.67 bits per heavy atom. The first-order valence-corrected chi connectivity index (χ1v) is 9.37. The molecule has 0 aromatic heterocycles. The van der Waals surface area contributed by atoms with Crippen molar-refractivity contribution in [1.82, 2.24) is 0 Å². The highest BCUT2D eigenvalue weighted by molar-refractivity contribution is 7.44. The quantitative estimate of drug-likeness (QED) is 0.377. The van der Waals surface area contributed by atoms with Gasteiger partial charge >= 0.3 is 0 Å². The lowest BCUT2D eigenvalue weighted by Crippen LogP contribution is -2.12. The van der Waals surface area contributed by atoms with Crippen LogP contribution in [0.5, 0.6) is 0 Å². The molecule has 0 atom stereocenters. The van der Waals surface area contributed by atoms with E-state index in [0.717, 1.165) is 12.5 Å². The number of hydrogen-bond donors (Lipinski definition) is 0. The average molecular weight is 223 g/mol. The zero-order chi connectivity index (χ0) is 9.03. The summed E-state index contributed by atoms with van der Waals surface area (Å²) in [5, 5.41) is 0. The van der Waals surface area contributed by atoms with Crippen molar-refractivity contribution in [2.24, 2.45) is 0 Å². The van der Waals surface area contributed by atoms with Gasteiger partial charge in [0.1, 0.15) is 0 Å². The third kappa shape index (κ3) is 4.54. The number of hydrogen-bond acceptors (Lipinski definition) is 0. The summed E-state index contributed by atoms with van der Waals surface area (Å²) in [6, 6.07) is 1.02. The van der Waals surface area contributed by atoms with E-state index in [1.54, 1.807) is 5.57 Å². The molecule has 1 aliphatic carbocycles. The van der Waals surface area contributed by atoms with Crippen molar-refractivity contribution in [2.75, 3.05) is 0 Å². The first-order valence-electron chi connectivity index (χ1n) is 4.64. The monoisotopic (exact) mass is 222 g/mol. The molecule has 0 aromatic rings. The minimum Gasteiger partial charge on any atom is -0.146 e. The van der Waals surface area contributed by atoms with Crippen LogP contribution >= 0.6 is 22.2 Å². The van der Waals surface area contributed by atoms with Crippen molar-refractivity contribution in [3.05, 3.63) is 11.6 Å².